The number of nitrogens with zero attached hydrogens (tertiary/aromatic N) is 2. The van der Waals surface area contributed by atoms with Crippen molar-refractivity contribution in [1.29, 1.82) is 0 Å². The second kappa shape index (κ2) is 9.93. The van der Waals surface area contributed by atoms with Gasteiger partial charge in [-0.15, -0.1) is 11.3 Å². The van der Waals surface area contributed by atoms with Crippen LogP contribution in [0.25, 0.3) is 0 Å². The van der Waals surface area contributed by atoms with E-state index < -0.39 is 0 Å². The van der Waals surface area contributed by atoms with Crippen LogP contribution < -0.4 is 10.1 Å². The van der Waals surface area contributed by atoms with Crippen LogP contribution in [0.2, 0.25) is 10.0 Å². The second-order valence-electron chi connectivity index (χ2n) is 6.48. The molecule has 0 fully saturated rings. The van der Waals surface area contributed by atoms with Crippen LogP contribution in [0.4, 0.5) is 5.69 Å². The molecule has 0 aliphatic rings. The molecular formula is C21H19Cl2N3O3S. The molecule has 1 N–H and O–H groups in total. The Morgan fingerprint density at radius 3 is 2.57 bits per heavy atom. The number of carbonyl (C=O) groups is 2. The first-order valence-corrected chi connectivity index (χ1v) is 10.5. The average Bonchev–Trinajstić information content (AvgIpc) is 3.07. The van der Waals surface area contributed by atoms with Crippen molar-refractivity contribution in [1.82, 2.24) is 9.88 Å². The number of carbonyl (C=O) groups excluding carboxylic acids is 2. The third-order valence-corrected chi connectivity index (χ3v) is 5.65. The highest BCUT2D eigenvalue weighted by Gasteiger charge is 2.21. The molecule has 0 bridgehead atoms. The first-order chi connectivity index (χ1) is 14.3. The Balaban J connectivity index is 1.58. The third kappa shape index (κ3) is 5.95. The Hall–Kier alpha value is -2.61. The van der Waals surface area contributed by atoms with E-state index in [4.69, 9.17) is 27.9 Å². The minimum absolute atomic E-state index is 0.0979. The fraction of sp³-hybridized carbons (Fsp3) is 0.190. The van der Waals surface area contributed by atoms with Gasteiger partial charge in [0.2, 0.25) is 5.91 Å². The summed E-state index contributed by atoms with van der Waals surface area (Å²) in [5, 5.41) is 4.54. The van der Waals surface area contributed by atoms with Crippen LogP contribution in [-0.4, -0.2) is 35.3 Å². The zero-order valence-corrected chi connectivity index (χ0v) is 18.6. The topological polar surface area (TPSA) is 71.5 Å². The lowest BCUT2D eigenvalue weighted by Gasteiger charge is -2.16. The van der Waals surface area contributed by atoms with E-state index in [2.05, 4.69) is 10.3 Å². The Morgan fingerprint density at radius 2 is 1.87 bits per heavy atom. The van der Waals surface area contributed by atoms with Crippen LogP contribution in [0, 0.1) is 6.92 Å². The molecule has 30 heavy (non-hydrogen) atoms. The molecule has 0 unspecified atom stereocenters. The number of hydrogen-bond donors (Lipinski definition) is 1. The summed E-state index contributed by atoms with van der Waals surface area (Å²) in [6.45, 7) is 1.90. The Bertz CT molecular complexity index is 1050. The summed E-state index contributed by atoms with van der Waals surface area (Å²) in [7, 11) is 1.57. The van der Waals surface area contributed by atoms with Gasteiger partial charge in [0.1, 0.15) is 22.2 Å². The smallest absolute Gasteiger partial charge is 0.266 e. The molecule has 0 aliphatic carbocycles. The number of benzene rings is 2. The maximum absolute atomic E-state index is 12.8. The lowest BCUT2D eigenvalue weighted by atomic mass is 10.3. The van der Waals surface area contributed by atoms with E-state index in [1.807, 2.05) is 0 Å². The van der Waals surface area contributed by atoms with Crippen LogP contribution in [0.1, 0.15) is 20.4 Å². The molecule has 6 nitrogen and oxygen atoms in total. The summed E-state index contributed by atoms with van der Waals surface area (Å²) in [4.78, 5) is 31.3. The monoisotopic (exact) mass is 463 g/mol. The molecule has 0 spiro atoms. The number of amides is 2. The van der Waals surface area contributed by atoms with E-state index in [1.54, 1.807) is 62.5 Å². The van der Waals surface area contributed by atoms with Gasteiger partial charge >= 0.3 is 0 Å². The van der Waals surface area contributed by atoms with Gasteiger partial charge in [-0.2, -0.15) is 0 Å². The summed E-state index contributed by atoms with van der Waals surface area (Å²) >= 11 is 13.0. The molecule has 9 heteroatoms. The van der Waals surface area contributed by atoms with Gasteiger partial charge in [0.25, 0.3) is 5.91 Å². The molecule has 1 heterocycles. The lowest BCUT2D eigenvalue weighted by Crippen LogP contribution is -2.34. The number of thiazole rings is 1. The van der Waals surface area contributed by atoms with Crippen LogP contribution >= 0.6 is 34.5 Å². The lowest BCUT2D eigenvalue weighted by molar-refractivity contribution is -0.116. The number of rotatable bonds is 7. The van der Waals surface area contributed by atoms with E-state index in [9.17, 15) is 9.59 Å². The van der Waals surface area contributed by atoms with Gasteiger partial charge in [0.15, 0.2) is 0 Å². The normalized spacial score (nSPS) is 10.5. The van der Waals surface area contributed by atoms with Crippen molar-refractivity contribution in [2.45, 2.75) is 13.5 Å². The number of aromatic nitrogens is 1. The van der Waals surface area contributed by atoms with Gasteiger partial charge in [0, 0.05) is 22.8 Å². The molecule has 0 saturated heterocycles. The predicted molar refractivity (Wildman–Crippen MR) is 120 cm³/mol. The average molecular weight is 464 g/mol. The van der Waals surface area contributed by atoms with E-state index in [1.165, 1.54) is 16.2 Å². The van der Waals surface area contributed by atoms with Crippen LogP contribution in [0.3, 0.4) is 0 Å². The fourth-order valence-electron chi connectivity index (χ4n) is 2.62. The first-order valence-electron chi connectivity index (χ1n) is 8.97. The number of anilines is 1. The van der Waals surface area contributed by atoms with E-state index in [0.717, 1.165) is 0 Å². The summed E-state index contributed by atoms with van der Waals surface area (Å²) in [5.74, 6) is 0.0699. The van der Waals surface area contributed by atoms with Crippen molar-refractivity contribution in [2.75, 3.05) is 18.9 Å². The molecule has 3 aromatic rings. The van der Waals surface area contributed by atoms with Crippen molar-refractivity contribution in [3.05, 3.63) is 74.2 Å². The zero-order chi connectivity index (χ0) is 21.7. The van der Waals surface area contributed by atoms with Crippen molar-refractivity contribution >= 4 is 52.0 Å². The predicted octanol–water partition coefficient (Wildman–Crippen LogP) is 5.05. The maximum atomic E-state index is 12.8. The standard InChI is InChI=1S/C21H19Cl2N3O3S/c1-13-20(30-19(24-13)12-29-17-8-6-14(22)7-9-17)21(28)26(2)11-18(27)25-16-5-3-4-15(23)10-16/h3-10H,11-12H2,1-2H3,(H,25,27). The van der Waals surface area contributed by atoms with Gasteiger partial charge in [0.05, 0.1) is 12.2 Å². The molecule has 2 amide bonds. The van der Waals surface area contributed by atoms with Gasteiger partial charge in [-0.1, -0.05) is 29.3 Å². The highest BCUT2D eigenvalue weighted by atomic mass is 35.5. The number of aryl methyl sites for hydroxylation is 1. The van der Waals surface area contributed by atoms with Crippen LogP contribution in [0.15, 0.2) is 48.5 Å². The fourth-order valence-corrected chi connectivity index (χ4v) is 3.90. The van der Waals surface area contributed by atoms with Crippen LogP contribution in [-0.2, 0) is 11.4 Å². The minimum Gasteiger partial charge on any atom is -0.486 e. The van der Waals surface area contributed by atoms with Crippen molar-refractivity contribution < 1.29 is 14.3 Å². The number of likely N-dealkylation sites (N-methyl/N-ethyl adjacent to an activating group) is 1. The molecule has 2 aromatic carbocycles. The van der Waals surface area contributed by atoms with Gasteiger partial charge in [-0.3, -0.25) is 9.59 Å². The van der Waals surface area contributed by atoms with Crippen LogP contribution in [0.5, 0.6) is 5.75 Å². The zero-order valence-electron chi connectivity index (χ0n) is 16.3. The molecule has 3 rings (SSSR count). The first kappa shape index (κ1) is 22.1. The number of hydrogen-bond acceptors (Lipinski definition) is 5. The van der Waals surface area contributed by atoms with E-state index >= 15 is 0 Å². The summed E-state index contributed by atoms with van der Waals surface area (Å²) in [6, 6.07) is 13.8. The molecular weight excluding hydrogens is 445 g/mol. The third-order valence-electron chi connectivity index (χ3n) is 4.05. The van der Waals surface area contributed by atoms with Gasteiger partial charge in [-0.25, -0.2) is 4.98 Å². The summed E-state index contributed by atoms with van der Waals surface area (Å²) in [5.41, 5.74) is 1.17. The Kier molecular flexibility index (Phi) is 7.31. The number of ether oxygens (including phenoxy) is 1. The van der Waals surface area contributed by atoms with E-state index in [-0.39, 0.29) is 25.0 Å². The Labute approximate surface area is 188 Å². The van der Waals surface area contributed by atoms with Crippen molar-refractivity contribution in [3.8, 4) is 5.75 Å². The highest BCUT2D eigenvalue weighted by Crippen LogP contribution is 2.22. The molecule has 0 saturated carbocycles. The molecule has 1 aromatic heterocycles. The highest BCUT2D eigenvalue weighted by molar-refractivity contribution is 7.13. The van der Waals surface area contributed by atoms with Crippen molar-refractivity contribution in [2.24, 2.45) is 0 Å². The second-order valence-corrected chi connectivity index (χ2v) is 8.44. The SMILES string of the molecule is Cc1nc(COc2ccc(Cl)cc2)sc1C(=O)N(C)CC(=O)Nc1cccc(Cl)c1. The molecule has 0 atom stereocenters. The Morgan fingerprint density at radius 1 is 1.13 bits per heavy atom. The van der Waals surface area contributed by atoms with E-state index in [0.29, 0.717) is 37.1 Å². The number of nitrogens with one attached hydrogen (secondary N) is 1. The summed E-state index contributed by atoms with van der Waals surface area (Å²) < 4.78 is 5.69. The van der Waals surface area contributed by atoms with Gasteiger partial charge in [-0.05, 0) is 49.4 Å². The molecule has 0 radical (unpaired) electrons. The largest absolute Gasteiger partial charge is 0.486 e. The minimum atomic E-state index is -0.318. The van der Waals surface area contributed by atoms with Gasteiger partial charge < -0.3 is 15.0 Å². The molecule has 156 valence electrons. The maximum Gasteiger partial charge on any atom is 0.266 e. The number of halogens is 2. The molecule has 0 aliphatic heterocycles. The quantitative estimate of drug-likeness (QED) is 0.532. The van der Waals surface area contributed by atoms with Crippen molar-refractivity contribution in [3.63, 3.8) is 0 Å². The summed E-state index contributed by atoms with van der Waals surface area (Å²) in [6.07, 6.45) is 0.